The first-order valence-electron chi connectivity index (χ1n) is 11.7. The highest BCUT2D eigenvalue weighted by atomic mass is 19.3. The molecular formula is C27H21F4N5O2. The Morgan fingerprint density at radius 3 is 2.53 bits per heavy atom. The molecule has 4 aromatic rings. The number of carbonyl (C=O) groups excluding carboxylic acids is 1. The van der Waals surface area contributed by atoms with Crippen LogP contribution < -0.4 is 5.32 Å². The lowest BCUT2D eigenvalue weighted by atomic mass is 9.97. The summed E-state index contributed by atoms with van der Waals surface area (Å²) < 4.78 is 55.5. The normalized spacial score (nSPS) is 13.7. The monoisotopic (exact) mass is 523 g/mol. The summed E-state index contributed by atoms with van der Waals surface area (Å²) in [4.78, 5) is 13.3. The van der Waals surface area contributed by atoms with Crippen molar-refractivity contribution in [3.05, 3.63) is 101 Å². The van der Waals surface area contributed by atoms with Gasteiger partial charge in [-0.2, -0.15) is 10.2 Å². The third-order valence-corrected chi connectivity index (χ3v) is 5.93. The van der Waals surface area contributed by atoms with Gasteiger partial charge in [-0.15, -0.1) is 0 Å². The predicted octanol–water partition coefficient (Wildman–Crippen LogP) is 4.58. The molecule has 2 heterocycles. The second-order valence-electron chi connectivity index (χ2n) is 8.84. The number of nitrogens with one attached hydrogen (secondary N) is 1. The topological polar surface area (TPSA) is 85.0 Å². The molecule has 0 radical (unpaired) electrons. The van der Waals surface area contributed by atoms with E-state index in [1.807, 2.05) is 0 Å². The molecule has 1 amide bonds. The summed E-state index contributed by atoms with van der Waals surface area (Å²) in [6.45, 7) is -0.540. The van der Waals surface area contributed by atoms with E-state index < -0.39 is 36.6 Å². The van der Waals surface area contributed by atoms with E-state index in [2.05, 4.69) is 27.4 Å². The first kappa shape index (κ1) is 25.1. The molecule has 2 aromatic heterocycles. The van der Waals surface area contributed by atoms with Crippen LogP contribution in [0.25, 0.3) is 0 Å². The van der Waals surface area contributed by atoms with Gasteiger partial charge in [0.2, 0.25) is 0 Å². The zero-order chi connectivity index (χ0) is 26.8. The van der Waals surface area contributed by atoms with Crippen LogP contribution in [-0.2, 0) is 6.54 Å². The zero-order valence-electron chi connectivity index (χ0n) is 19.8. The predicted molar refractivity (Wildman–Crippen MR) is 128 cm³/mol. The lowest BCUT2D eigenvalue weighted by Crippen LogP contribution is -2.30. The van der Waals surface area contributed by atoms with Crippen molar-refractivity contribution in [2.45, 2.75) is 37.9 Å². The number of hydrogen-bond donors (Lipinski definition) is 2. The molecule has 1 saturated carbocycles. The van der Waals surface area contributed by atoms with Crippen molar-refractivity contribution < 1.29 is 27.5 Å². The van der Waals surface area contributed by atoms with Crippen LogP contribution in [0.5, 0.6) is 5.75 Å². The van der Waals surface area contributed by atoms with Crippen LogP contribution in [0.2, 0.25) is 0 Å². The number of rotatable bonds is 7. The first-order valence-corrected chi connectivity index (χ1v) is 11.7. The molecule has 0 aliphatic heterocycles. The number of amides is 1. The molecule has 0 saturated heterocycles. The fourth-order valence-corrected chi connectivity index (χ4v) is 3.96. The number of alkyl halides is 2. The van der Waals surface area contributed by atoms with Gasteiger partial charge in [-0.3, -0.25) is 14.2 Å². The molecule has 2 aromatic carbocycles. The van der Waals surface area contributed by atoms with E-state index in [0.29, 0.717) is 16.8 Å². The van der Waals surface area contributed by atoms with Crippen molar-refractivity contribution in [3.63, 3.8) is 0 Å². The molecule has 194 valence electrons. The van der Waals surface area contributed by atoms with Gasteiger partial charge in [-0.25, -0.2) is 17.6 Å². The number of aromatic nitrogens is 4. The first-order chi connectivity index (χ1) is 18.3. The van der Waals surface area contributed by atoms with Gasteiger partial charge in [0.15, 0.2) is 5.69 Å². The molecule has 0 bridgehead atoms. The number of nitrogens with zero attached hydrogens (tertiary/aromatic N) is 4. The van der Waals surface area contributed by atoms with Gasteiger partial charge in [0.25, 0.3) is 12.3 Å². The van der Waals surface area contributed by atoms with Crippen LogP contribution in [0.3, 0.4) is 0 Å². The van der Waals surface area contributed by atoms with E-state index in [0.717, 1.165) is 29.7 Å². The van der Waals surface area contributed by atoms with E-state index >= 15 is 0 Å². The van der Waals surface area contributed by atoms with Crippen LogP contribution in [0.15, 0.2) is 60.9 Å². The number of aromatic hydroxyl groups is 1. The van der Waals surface area contributed by atoms with Crippen molar-refractivity contribution in [1.82, 2.24) is 24.9 Å². The zero-order valence-corrected chi connectivity index (χ0v) is 19.8. The molecule has 11 heteroatoms. The fraction of sp³-hybridized carbons (Fsp3) is 0.222. The van der Waals surface area contributed by atoms with Crippen LogP contribution in [0, 0.1) is 23.5 Å². The van der Waals surface area contributed by atoms with Crippen LogP contribution >= 0.6 is 0 Å². The van der Waals surface area contributed by atoms with Crippen molar-refractivity contribution in [3.8, 4) is 17.6 Å². The van der Waals surface area contributed by atoms with Gasteiger partial charge >= 0.3 is 0 Å². The van der Waals surface area contributed by atoms with Crippen LogP contribution in [-0.4, -0.2) is 37.0 Å². The lowest BCUT2D eigenvalue weighted by molar-refractivity contribution is 0.0936. The molecule has 0 unspecified atom stereocenters. The molecule has 2 N–H and O–H groups in total. The summed E-state index contributed by atoms with van der Waals surface area (Å²) in [5.74, 6) is 3.82. The number of halogens is 4. The SMILES string of the molecule is O=C(N[C@H](c1ccc(F)cc1)c1cc(F)ccc1O)c1cc(C#Cc2cnn(CC(F)F)c2)n(C2CC2)n1. The highest BCUT2D eigenvalue weighted by Gasteiger charge is 2.29. The quantitative estimate of drug-likeness (QED) is 0.274. The minimum absolute atomic E-state index is 0.0394. The molecule has 38 heavy (non-hydrogen) atoms. The maximum Gasteiger partial charge on any atom is 0.272 e. The maximum atomic E-state index is 14.0. The third-order valence-electron chi connectivity index (χ3n) is 5.93. The Kier molecular flexibility index (Phi) is 6.87. The van der Waals surface area contributed by atoms with Crippen LogP contribution in [0.4, 0.5) is 17.6 Å². The summed E-state index contributed by atoms with van der Waals surface area (Å²) >= 11 is 0. The lowest BCUT2D eigenvalue weighted by Gasteiger charge is -2.20. The summed E-state index contributed by atoms with van der Waals surface area (Å²) in [5, 5.41) is 21.4. The average molecular weight is 523 g/mol. The number of benzene rings is 2. The van der Waals surface area contributed by atoms with E-state index in [1.165, 1.54) is 48.8 Å². The largest absolute Gasteiger partial charge is 0.508 e. The highest BCUT2D eigenvalue weighted by molar-refractivity contribution is 5.93. The summed E-state index contributed by atoms with van der Waals surface area (Å²) in [5.41, 5.74) is 1.43. The van der Waals surface area contributed by atoms with Crippen molar-refractivity contribution in [2.24, 2.45) is 0 Å². The maximum absolute atomic E-state index is 14.0. The van der Waals surface area contributed by atoms with Gasteiger partial charge < -0.3 is 10.4 Å². The Labute approximate surface area is 214 Å². The Bertz CT molecular complexity index is 1530. The van der Waals surface area contributed by atoms with E-state index in [-0.39, 0.29) is 23.0 Å². The van der Waals surface area contributed by atoms with Gasteiger partial charge in [-0.05, 0) is 54.7 Å². The van der Waals surface area contributed by atoms with Crippen LogP contribution in [0.1, 0.15) is 57.8 Å². The molecule has 1 aliphatic rings. The van der Waals surface area contributed by atoms with Crippen molar-refractivity contribution >= 4 is 5.91 Å². The van der Waals surface area contributed by atoms with Gasteiger partial charge in [0.1, 0.15) is 29.6 Å². The number of carbonyl (C=O) groups is 1. The molecule has 1 fully saturated rings. The minimum Gasteiger partial charge on any atom is -0.508 e. The van der Waals surface area contributed by atoms with Gasteiger partial charge in [0, 0.05) is 17.8 Å². The van der Waals surface area contributed by atoms with Gasteiger partial charge in [0.05, 0.1) is 23.8 Å². The number of phenolic OH excluding ortho intramolecular Hbond substituents is 1. The Hall–Kier alpha value is -4.59. The summed E-state index contributed by atoms with van der Waals surface area (Å²) in [6, 6.07) is 9.18. The molecule has 7 nitrogen and oxygen atoms in total. The fourth-order valence-electron chi connectivity index (χ4n) is 3.96. The van der Waals surface area contributed by atoms with E-state index in [9.17, 15) is 27.5 Å². The third kappa shape index (κ3) is 5.70. The van der Waals surface area contributed by atoms with E-state index in [1.54, 1.807) is 4.68 Å². The molecule has 5 rings (SSSR count). The van der Waals surface area contributed by atoms with E-state index in [4.69, 9.17) is 0 Å². The molecule has 0 spiro atoms. The number of hydrogen-bond acceptors (Lipinski definition) is 4. The van der Waals surface area contributed by atoms with Gasteiger partial charge in [-0.1, -0.05) is 18.1 Å². The Balaban J connectivity index is 1.44. The second kappa shape index (κ2) is 10.4. The van der Waals surface area contributed by atoms with Crippen molar-refractivity contribution in [1.29, 1.82) is 0 Å². The minimum atomic E-state index is -2.54. The summed E-state index contributed by atoms with van der Waals surface area (Å²) in [7, 11) is 0. The molecule has 1 atom stereocenters. The average Bonchev–Trinajstić information content (AvgIpc) is 3.48. The molecule has 1 aliphatic carbocycles. The standard InChI is InChI=1S/C27H21F4N5O2/c28-18-4-2-17(3-5-18)26(22-11-19(29)6-10-24(22)37)33-27(38)23-12-21(36(34-23)20-8-9-20)7-1-16-13-32-35(14-16)15-25(30)31/h2-6,10-14,20,25-26,37H,8-9,15H2,(H,33,38)/t26-/m1/s1. The Morgan fingerprint density at radius 2 is 1.82 bits per heavy atom. The smallest absolute Gasteiger partial charge is 0.272 e. The highest BCUT2D eigenvalue weighted by Crippen LogP contribution is 2.36. The molecular weight excluding hydrogens is 502 g/mol. The van der Waals surface area contributed by atoms with Crippen molar-refractivity contribution in [2.75, 3.05) is 0 Å². The Morgan fingerprint density at radius 1 is 1.08 bits per heavy atom. The number of phenols is 1. The second-order valence-corrected chi connectivity index (χ2v) is 8.84. The summed E-state index contributed by atoms with van der Waals surface area (Å²) in [6.07, 6.45) is 1.96.